The largest absolute Gasteiger partial charge is 0.390 e. The van der Waals surface area contributed by atoms with Crippen molar-refractivity contribution >= 4 is 29.3 Å². The van der Waals surface area contributed by atoms with E-state index in [1.54, 1.807) is 12.2 Å². The van der Waals surface area contributed by atoms with Crippen molar-refractivity contribution in [3.8, 4) is 0 Å². The molecule has 3 fully saturated rings. The minimum atomic E-state index is -1.69. The first kappa shape index (κ1) is 19.1. The molecule has 5 heteroatoms. The molecule has 0 aromatic rings. The molecule has 1 unspecified atom stereocenters. The Labute approximate surface area is 164 Å². The normalized spacial score (nSPS) is 49.2. The molecule has 1 N–H and O–H groups in total. The number of fused-ring (bicyclic) bond motifs is 5. The third kappa shape index (κ3) is 2.03. The van der Waals surface area contributed by atoms with Crippen LogP contribution in [0.3, 0.4) is 0 Å². The number of halogens is 1. The second-order valence-electron chi connectivity index (χ2n) is 8.96. The molecular weight excluding hydrogens is 367 g/mol. The van der Waals surface area contributed by atoms with Crippen LogP contribution in [0, 0.1) is 22.7 Å². The summed E-state index contributed by atoms with van der Waals surface area (Å²) in [6, 6.07) is 0. The Morgan fingerprint density at radius 1 is 1.19 bits per heavy atom. The maximum Gasteiger partial charge on any atom is 0.178 e. The van der Waals surface area contributed by atoms with Gasteiger partial charge in [0, 0.05) is 11.3 Å². The molecule has 4 aliphatic carbocycles. The van der Waals surface area contributed by atoms with Crippen LogP contribution in [0.25, 0.3) is 0 Å². The molecule has 0 aliphatic heterocycles. The smallest absolute Gasteiger partial charge is 0.178 e. The second kappa shape index (κ2) is 5.87. The van der Waals surface area contributed by atoms with Gasteiger partial charge in [0.15, 0.2) is 11.5 Å². The standard InChI is InChI=1S/C21H29FO2S2/c1-18-9-7-14(23)11-13(18)5-6-16-15-8-10-20(25-3,26-4)19(15,2)12-17(24)21(16,18)22/h7,9,11,15-17,24H,5-6,8,10,12H2,1-4H3/t15-,16-,17-,18-,19-,21?/m0/s1. The van der Waals surface area contributed by atoms with Crippen LogP contribution in [-0.4, -0.2) is 39.3 Å². The monoisotopic (exact) mass is 396 g/mol. The molecule has 0 saturated heterocycles. The van der Waals surface area contributed by atoms with Crippen LogP contribution in [0.2, 0.25) is 0 Å². The first-order valence-corrected chi connectivity index (χ1v) is 12.0. The van der Waals surface area contributed by atoms with E-state index in [1.807, 2.05) is 30.4 Å². The molecule has 0 aromatic carbocycles. The molecule has 0 aromatic heterocycles. The van der Waals surface area contributed by atoms with Crippen molar-refractivity contribution in [3.63, 3.8) is 0 Å². The summed E-state index contributed by atoms with van der Waals surface area (Å²) < 4.78 is 16.9. The van der Waals surface area contributed by atoms with E-state index in [-0.39, 0.29) is 27.1 Å². The van der Waals surface area contributed by atoms with Gasteiger partial charge in [-0.2, -0.15) is 0 Å². The van der Waals surface area contributed by atoms with Crippen LogP contribution in [0.5, 0.6) is 0 Å². The lowest BCUT2D eigenvalue weighted by molar-refractivity contribution is -0.189. The zero-order valence-corrected chi connectivity index (χ0v) is 17.7. The third-order valence-electron chi connectivity index (χ3n) is 8.35. The van der Waals surface area contributed by atoms with Gasteiger partial charge in [-0.3, -0.25) is 4.79 Å². The summed E-state index contributed by atoms with van der Waals surface area (Å²) in [5.41, 5.74) is -1.76. The summed E-state index contributed by atoms with van der Waals surface area (Å²) in [4.78, 5) is 11.8. The van der Waals surface area contributed by atoms with Crippen molar-refractivity contribution in [1.82, 2.24) is 0 Å². The van der Waals surface area contributed by atoms with E-state index in [0.717, 1.165) is 31.3 Å². The summed E-state index contributed by atoms with van der Waals surface area (Å²) in [7, 11) is 0. The van der Waals surface area contributed by atoms with Gasteiger partial charge in [-0.1, -0.05) is 18.6 Å². The second-order valence-corrected chi connectivity index (χ2v) is 11.4. The average molecular weight is 397 g/mol. The number of hydrogen-bond donors (Lipinski definition) is 1. The van der Waals surface area contributed by atoms with Crippen molar-refractivity contribution < 1.29 is 14.3 Å². The van der Waals surface area contributed by atoms with E-state index in [1.165, 1.54) is 6.08 Å². The fourth-order valence-electron chi connectivity index (χ4n) is 6.91. The highest BCUT2D eigenvalue weighted by Crippen LogP contribution is 2.73. The van der Waals surface area contributed by atoms with Gasteiger partial charge in [0.05, 0.1) is 10.2 Å². The fraction of sp³-hybridized carbons (Fsp3) is 0.762. The van der Waals surface area contributed by atoms with E-state index < -0.39 is 17.2 Å². The number of allylic oxidation sites excluding steroid dienone is 4. The van der Waals surface area contributed by atoms with Gasteiger partial charge in [0.2, 0.25) is 0 Å². The molecule has 0 bridgehead atoms. The van der Waals surface area contributed by atoms with Crippen molar-refractivity contribution in [1.29, 1.82) is 0 Å². The van der Waals surface area contributed by atoms with Crippen molar-refractivity contribution in [2.45, 2.75) is 61.8 Å². The first-order valence-electron chi connectivity index (χ1n) is 9.60. The molecule has 3 saturated carbocycles. The third-order valence-corrected chi connectivity index (χ3v) is 12.0. The Hall–Kier alpha value is -0.260. The number of hydrogen-bond acceptors (Lipinski definition) is 4. The van der Waals surface area contributed by atoms with Crippen molar-refractivity contribution in [2.75, 3.05) is 12.5 Å². The quantitative estimate of drug-likeness (QED) is 0.682. The van der Waals surface area contributed by atoms with Crippen LogP contribution >= 0.6 is 23.5 Å². The number of alkyl halides is 1. The molecule has 0 amide bonds. The van der Waals surface area contributed by atoms with E-state index >= 15 is 4.39 Å². The average Bonchev–Trinajstić information content (AvgIpc) is 2.89. The molecule has 26 heavy (non-hydrogen) atoms. The molecule has 6 atom stereocenters. The molecular formula is C21H29FO2S2. The number of carbonyl (C=O) groups is 1. The zero-order valence-electron chi connectivity index (χ0n) is 16.0. The van der Waals surface area contributed by atoms with Crippen LogP contribution in [0.1, 0.15) is 46.0 Å². The summed E-state index contributed by atoms with van der Waals surface area (Å²) in [6.07, 6.45) is 12.3. The van der Waals surface area contributed by atoms with Gasteiger partial charge in [0.1, 0.15) is 0 Å². The molecule has 0 spiro atoms. The Morgan fingerprint density at radius 2 is 1.88 bits per heavy atom. The lowest BCUT2D eigenvalue weighted by Gasteiger charge is -2.63. The molecule has 0 heterocycles. The lowest BCUT2D eigenvalue weighted by atomic mass is 9.46. The summed E-state index contributed by atoms with van der Waals surface area (Å²) in [6.45, 7) is 4.18. The van der Waals surface area contributed by atoms with E-state index in [0.29, 0.717) is 6.42 Å². The highest BCUT2D eigenvalue weighted by molar-refractivity contribution is 8.17. The Morgan fingerprint density at radius 3 is 2.54 bits per heavy atom. The van der Waals surface area contributed by atoms with Crippen LogP contribution < -0.4 is 0 Å². The van der Waals surface area contributed by atoms with Gasteiger partial charge in [-0.25, -0.2) is 4.39 Å². The number of aliphatic hydroxyl groups is 1. The number of rotatable bonds is 2. The van der Waals surface area contributed by atoms with Gasteiger partial charge >= 0.3 is 0 Å². The highest BCUT2D eigenvalue weighted by Gasteiger charge is 2.72. The van der Waals surface area contributed by atoms with Crippen LogP contribution in [-0.2, 0) is 4.79 Å². The van der Waals surface area contributed by atoms with Gasteiger partial charge in [-0.05, 0) is 75.0 Å². The molecule has 4 aliphatic rings. The lowest BCUT2D eigenvalue weighted by Crippen LogP contribution is -2.67. The number of thioether (sulfide) groups is 2. The topological polar surface area (TPSA) is 37.3 Å². The Balaban J connectivity index is 1.82. The Kier molecular flexibility index (Phi) is 4.31. The predicted molar refractivity (Wildman–Crippen MR) is 108 cm³/mol. The SMILES string of the molecule is CSC1(SC)CC[C@H]2[C@@H]3CCC4=CC(=O)C=C[C@]4(C)C3(F)[C@@H](O)C[C@@]21C. The number of aliphatic hydroxyl groups excluding tert-OH is 1. The summed E-state index contributed by atoms with van der Waals surface area (Å²) in [5, 5.41) is 11.2. The van der Waals surface area contributed by atoms with Gasteiger partial charge in [0.25, 0.3) is 0 Å². The van der Waals surface area contributed by atoms with E-state index in [2.05, 4.69) is 19.4 Å². The maximum atomic E-state index is 16.9. The number of ketones is 1. The van der Waals surface area contributed by atoms with Crippen molar-refractivity contribution in [3.05, 3.63) is 23.8 Å². The molecule has 0 radical (unpaired) electrons. The minimum absolute atomic E-state index is 0.0510. The molecule has 2 nitrogen and oxygen atoms in total. The predicted octanol–water partition coefficient (Wildman–Crippen LogP) is 4.78. The van der Waals surface area contributed by atoms with Crippen LogP contribution in [0.15, 0.2) is 23.8 Å². The van der Waals surface area contributed by atoms with Crippen LogP contribution in [0.4, 0.5) is 4.39 Å². The summed E-state index contributed by atoms with van der Waals surface area (Å²) in [5.74, 6) is 0.0666. The first-order chi connectivity index (χ1) is 12.2. The molecule has 4 rings (SSSR count). The Bertz CT molecular complexity index is 700. The fourth-order valence-corrected chi connectivity index (χ4v) is 9.63. The maximum absolute atomic E-state index is 16.9. The van der Waals surface area contributed by atoms with E-state index in [9.17, 15) is 9.90 Å². The van der Waals surface area contributed by atoms with Gasteiger partial charge < -0.3 is 5.11 Å². The highest BCUT2D eigenvalue weighted by atomic mass is 32.2. The van der Waals surface area contributed by atoms with Crippen molar-refractivity contribution in [2.24, 2.45) is 22.7 Å². The minimum Gasteiger partial charge on any atom is -0.390 e. The molecule has 144 valence electrons. The van der Waals surface area contributed by atoms with E-state index in [4.69, 9.17) is 0 Å². The van der Waals surface area contributed by atoms with Gasteiger partial charge in [-0.15, -0.1) is 23.5 Å². The zero-order chi connectivity index (χ0) is 19.0. The summed E-state index contributed by atoms with van der Waals surface area (Å²) >= 11 is 3.77. The number of carbonyl (C=O) groups excluding carboxylic acids is 1.